The van der Waals surface area contributed by atoms with Crippen LogP contribution >= 0.6 is 0 Å². The zero-order valence-corrected chi connectivity index (χ0v) is 18.5. The molecule has 0 atom stereocenters. The summed E-state index contributed by atoms with van der Waals surface area (Å²) in [7, 11) is 0. The first-order valence-electron chi connectivity index (χ1n) is 12.1. The molecule has 2 nitrogen and oxygen atoms in total. The quantitative estimate of drug-likeness (QED) is 0.245. The summed E-state index contributed by atoms with van der Waals surface area (Å²) in [6.07, 6.45) is 22.7. The normalized spacial score (nSPS) is 11.0. The van der Waals surface area contributed by atoms with Crippen molar-refractivity contribution in [3.8, 4) is 0 Å². The zero-order valence-electron chi connectivity index (χ0n) is 18.5. The molecule has 0 aliphatic rings. The van der Waals surface area contributed by atoms with Crippen molar-refractivity contribution in [2.24, 2.45) is 5.73 Å². The predicted octanol–water partition coefficient (Wildman–Crippen LogP) is 7.52. The highest BCUT2D eigenvalue weighted by Gasteiger charge is 2.02. The number of amides is 1. The van der Waals surface area contributed by atoms with E-state index in [0.717, 1.165) is 12.8 Å². The maximum Gasteiger partial charge on any atom is 0.217 e. The Balaban J connectivity index is 2.03. The monoisotopic (exact) mass is 387 g/mol. The van der Waals surface area contributed by atoms with E-state index in [4.69, 9.17) is 5.73 Å². The second-order valence-electron chi connectivity index (χ2n) is 8.43. The van der Waals surface area contributed by atoms with Gasteiger partial charge in [0.1, 0.15) is 0 Å². The molecule has 1 aromatic carbocycles. The third kappa shape index (κ3) is 13.8. The van der Waals surface area contributed by atoms with E-state index in [1.807, 2.05) is 0 Å². The molecule has 0 heterocycles. The summed E-state index contributed by atoms with van der Waals surface area (Å²) in [5.74, 6) is -0.159. The number of carbonyl (C=O) groups is 1. The number of unbranched alkanes of at least 4 members (excludes halogenated alkanes) is 13. The van der Waals surface area contributed by atoms with E-state index in [0.29, 0.717) is 6.42 Å². The Kier molecular flexibility index (Phi) is 15.7. The predicted molar refractivity (Wildman–Crippen MR) is 123 cm³/mol. The minimum absolute atomic E-state index is 0.159. The Morgan fingerprint density at radius 2 is 1.04 bits per heavy atom. The molecule has 0 spiro atoms. The Hall–Kier alpha value is -1.31. The molecule has 0 fully saturated rings. The van der Waals surface area contributed by atoms with Crippen LogP contribution in [0.4, 0.5) is 0 Å². The lowest BCUT2D eigenvalue weighted by Gasteiger charge is -2.10. The molecule has 28 heavy (non-hydrogen) atoms. The van der Waals surface area contributed by atoms with Crippen molar-refractivity contribution in [2.75, 3.05) is 0 Å². The van der Waals surface area contributed by atoms with Gasteiger partial charge in [-0.05, 0) is 43.2 Å². The number of benzene rings is 1. The first-order chi connectivity index (χ1) is 13.7. The van der Waals surface area contributed by atoms with E-state index in [2.05, 4.69) is 31.2 Å². The summed E-state index contributed by atoms with van der Waals surface area (Å²) in [4.78, 5) is 10.7. The highest BCUT2D eigenvalue weighted by Crippen LogP contribution is 2.17. The number of aryl methyl sites for hydroxylation is 2. The second kappa shape index (κ2) is 17.8. The number of hydrogen-bond acceptors (Lipinski definition) is 1. The van der Waals surface area contributed by atoms with E-state index in [1.54, 1.807) is 11.1 Å². The molecule has 0 aliphatic carbocycles. The van der Waals surface area contributed by atoms with Crippen LogP contribution in [0.15, 0.2) is 24.3 Å². The Morgan fingerprint density at radius 1 is 0.643 bits per heavy atom. The third-order valence-corrected chi connectivity index (χ3v) is 5.79. The van der Waals surface area contributed by atoms with Gasteiger partial charge < -0.3 is 5.73 Å². The van der Waals surface area contributed by atoms with Gasteiger partial charge in [0.05, 0.1) is 0 Å². The van der Waals surface area contributed by atoms with E-state index in [9.17, 15) is 4.79 Å². The molecule has 2 N–H and O–H groups in total. The minimum Gasteiger partial charge on any atom is -0.370 e. The van der Waals surface area contributed by atoms with Crippen LogP contribution in [-0.4, -0.2) is 5.91 Å². The van der Waals surface area contributed by atoms with E-state index < -0.39 is 0 Å². The minimum atomic E-state index is -0.159. The number of rotatable bonds is 19. The van der Waals surface area contributed by atoms with Crippen LogP contribution in [0.1, 0.15) is 121 Å². The molecule has 160 valence electrons. The maximum atomic E-state index is 10.7. The Morgan fingerprint density at radius 3 is 1.46 bits per heavy atom. The molecule has 2 heteroatoms. The van der Waals surface area contributed by atoms with Gasteiger partial charge in [0, 0.05) is 6.42 Å². The van der Waals surface area contributed by atoms with Crippen LogP contribution in [-0.2, 0) is 17.6 Å². The number of primary amides is 1. The molecule has 1 amide bonds. The van der Waals surface area contributed by atoms with E-state index >= 15 is 0 Å². The Labute approximate surface area is 174 Å². The molecule has 0 aliphatic heterocycles. The van der Waals surface area contributed by atoms with Gasteiger partial charge in [0.15, 0.2) is 0 Å². The molecule has 0 saturated heterocycles. The van der Waals surface area contributed by atoms with Crippen molar-refractivity contribution in [3.63, 3.8) is 0 Å². The molecule has 0 saturated carbocycles. The maximum absolute atomic E-state index is 10.7. The van der Waals surface area contributed by atoms with Crippen LogP contribution in [0.3, 0.4) is 0 Å². The van der Waals surface area contributed by atoms with Gasteiger partial charge in [0.2, 0.25) is 5.91 Å². The van der Waals surface area contributed by atoms with Crippen molar-refractivity contribution in [2.45, 2.75) is 122 Å². The molecular formula is C26H45NO. The molecular weight excluding hydrogens is 342 g/mol. The first kappa shape index (κ1) is 24.7. The lowest BCUT2D eigenvalue weighted by atomic mass is 9.96. The SMILES string of the molecule is CCCCCCCCc1ccccc1CCCCCCCCCCCC(N)=O. The zero-order chi connectivity index (χ0) is 20.3. The fourth-order valence-electron chi connectivity index (χ4n) is 3.99. The largest absolute Gasteiger partial charge is 0.370 e. The Bertz CT molecular complexity index is 497. The van der Waals surface area contributed by atoms with Gasteiger partial charge in [0.25, 0.3) is 0 Å². The molecule has 1 aromatic rings. The number of nitrogens with two attached hydrogens (primary N) is 1. The van der Waals surface area contributed by atoms with E-state index in [1.165, 1.54) is 96.3 Å². The van der Waals surface area contributed by atoms with Gasteiger partial charge in [-0.1, -0.05) is 108 Å². The molecule has 0 radical (unpaired) electrons. The lowest BCUT2D eigenvalue weighted by Crippen LogP contribution is -2.09. The number of carbonyl (C=O) groups excluding carboxylic acids is 1. The summed E-state index contributed by atoms with van der Waals surface area (Å²) in [6.45, 7) is 2.28. The summed E-state index contributed by atoms with van der Waals surface area (Å²) >= 11 is 0. The van der Waals surface area contributed by atoms with Crippen molar-refractivity contribution < 1.29 is 4.79 Å². The van der Waals surface area contributed by atoms with Gasteiger partial charge in [-0.25, -0.2) is 0 Å². The smallest absolute Gasteiger partial charge is 0.217 e. The topological polar surface area (TPSA) is 43.1 Å². The summed E-state index contributed by atoms with van der Waals surface area (Å²) in [5.41, 5.74) is 8.34. The molecule has 0 aromatic heterocycles. The van der Waals surface area contributed by atoms with Crippen LogP contribution in [0.25, 0.3) is 0 Å². The fraction of sp³-hybridized carbons (Fsp3) is 0.731. The van der Waals surface area contributed by atoms with Crippen LogP contribution in [0.2, 0.25) is 0 Å². The van der Waals surface area contributed by atoms with Gasteiger partial charge >= 0.3 is 0 Å². The molecule has 0 bridgehead atoms. The van der Waals surface area contributed by atoms with Crippen LogP contribution in [0, 0.1) is 0 Å². The van der Waals surface area contributed by atoms with Gasteiger partial charge in [-0.2, -0.15) is 0 Å². The highest BCUT2D eigenvalue weighted by molar-refractivity contribution is 5.73. The fourth-order valence-corrected chi connectivity index (χ4v) is 3.99. The van der Waals surface area contributed by atoms with Gasteiger partial charge in [-0.15, -0.1) is 0 Å². The van der Waals surface area contributed by atoms with E-state index in [-0.39, 0.29) is 5.91 Å². The van der Waals surface area contributed by atoms with Crippen molar-refractivity contribution in [3.05, 3.63) is 35.4 Å². The molecule has 1 rings (SSSR count). The first-order valence-corrected chi connectivity index (χ1v) is 12.1. The second-order valence-corrected chi connectivity index (χ2v) is 8.43. The summed E-state index contributed by atoms with van der Waals surface area (Å²) in [6, 6.07) is 9.11. The lowest BCUT2D eigenvalue weighted by molar-refractivity contribution is -0.118. The third-order valence-electron chi connectivity index (χ3n) is 5.79. The average molecular weight is 388 g/mol. The highest BCUT2D eigenvalue weighted by atomic mass is 16.1. The van der Waals surface area contributed by atoms with Gasteiger partial charge in [-0.3, -0.25) is 4.79 Å². The average Bonchev–Trinajstić information content (AvgIpc) is 2.69. The standard InChI is InChI=1S/C26H45NO/c1-2-3-4-5-11-14-19-24-21-17-18-22-25(24)20-15-12-9-7-6-8-10-13-16-23-26(27)28/h17-18,21-22H,2-16,19-20,23H2,1H3,(H2,27,28). The molecule has 0 unspecified atom stereocenters. The van der Waals surface area contributed by atoms with Crippen molar-refractivity contribution in [1.82, 2.24) is 0 Å². The summed E-state index contributed by atoms with van der Waals surface area (Å²) < 4.78 is 0. The van der Waals surface area contributed by atoms with Crippen molar-refractivity contribution in [1.29, 1.82) is 0 Å². The van der Waals surface area contributed by atoms with Crippen molar-refractivity contribution >= 4 is 5.91 Å². The summed E-state index contributed by atoms with van der Waals surface area (Å²) in [5, 5.41) is 0. The van der Waals surface area contributed by atoms with Crippen LogP contribution < -0.4 is 5.73 Å². The van der Waals surface area contributed by atoms with Crippen LogP contribution in [0.5, 0.6) is 0 Å². The number of hydrogen-bond donors (Lipinski definition) is 1.